The summed E-state index contributed by atoms with van der Waals surface area (Å²) in [4.78, 5) is 11.6. The van der Waals surface area contributed by atoms with Crippen molar-refractivity contribution in [2.24, 2.45) is 15.9 Å². The van der Waals surface area contributed by atoms with Crippen molar-refractivity contribution in [3.8, 4) is 5.69 Å². The van der Waals surface area contributed by atoms with Crippen LogP contribution in [0, 0.1) is 5.92 Å². The molecule has 2 atom stereocenters. The molecule has 14 rings (SSSR count). The third-order valence-corrected chi connectivity index (χ3v) is 15.2. The number of nitrogens with zero attached hydrogens (tertiary/aromatic N) is 3. The van der Waals surface area contributed by atoms with E-state index in [-0.39, 0.29) is 12.0 Å². The van der Waals surface area contributed by atoms with Crippen LogP contribution < -0.4 is 0 Å². The molecule has 1 aliphatic rings. The summed E-state index contributed by atoms with van der Waals surface area (Å²) in [5.74, 6) is 0.745. The number of hydrogen-bond donors (Lipinski definition) is 0. The van der Waals surface area contributed by atoms with Crippen LogP contribution in [-0.2, 0) is 0 Å². The number of fused-ring (bicyclic) bond motifs is 13. The van der Waals surface area contributed by atoms with Crippen molar-refractivity contribution in [3.05, 3.63) is 211 Å². The summed E-state index contributed by atoms with van der Waals surface area (Å²) < 4.78 is 11.9. The van der Waals surface area contributed by atoms with Crippen molar-refractivity contribution in [2.45, 2.75) is 19.4 Å². The number of hydrogen-bond acceptors (Lipinski definition) is 4. The summed E-state index contributed by atoms with van der Waals surface area (Å²) in [6.07, 6.45) is 0.877. The first-order valence-corrected chi connectivity index (χ1v) is 23.4. The highest BCUT2D eigenvalue weighted by molar-refractivity contribution is 7.26. The van der Waals surface area contributed by atoms with E-state index in [1.165, 1.54) is 68.8 Å². The molecule has 2 unspecified atom stereocenters. The minimum absolute atomic E-state index is 0.0358. The van der Waals surface area contributed by atoms with Crippen molar-refractivity contribution in [3.63, 3.8) is 0 Å². The van der Waals surface area contributed by atoms with Crippen LogP contribution in [0.4, 0.5) is 0 Å². The second-order valence-electron chi connectivity index (χ2n) is 17.5. The van der Waals surface area contributed by atoms with Gasteiger partial charge < -0.3 is 8.98 Å². The van der Waals surface area contributed by atoms with Crippen LogP contribution in [0.3, 0.4) is 0 Å². The first-order chi connectivity index (χ1) is 32.2. The fourth-order valence-corrected chi connectivity index (χ4v) is 12.3. The summed E-state index contributed by atoms with van der Waals surface area (Å²) >= 11 is 1.87. The van der Waals surface area contributed by atoms with E-state index in [0.717, 1.165) is 61.9 Å². The molecule has 0 fully saturated rings. The molecule has 3 aromatic heterocycles. The van der Waals surface area contributed by atoms with Gasteiger partial charge in [0.15, 0.2) is 5.84 Å². The highest BCUT2D eigenvalue weighted by Gasteiger charge is 2.34. The van der Waals surface area contributed by atoms with E-state index in [4.69, 9.17) is 14.4 Å². The van der Waals surface area contributed by atoms with Gasteiger partial charge in [-0.3, -0.25) is 4.99 Å². The van der Waals surface area contributed by atoms with E-state index in [9.17, 15) is 0 Å². The second-order valence-corrected chi connectivity index (χ2v) is 18.5. The van der Waals surface area contributed by atoms with Crippen LogP contribution >= 0.6 is 11.3 Å². The third-order valence-electron chi connectivity index (χ3n) is 14.0. The minimum Gasteiger partial charge on any atom is -0.456 e. The first kappa shape index (κ1) is 36.6. The molecule has 0 amide bonds. The summed E-state index contributed by atoms with van der Waals surface area (Å²) in [6, 6.07) is 70.4. The van der Waals surface area contributed by atoms with Crippen molar-refractivity contribution in [1.29, 1.82) is 0 Å². The maximum Gasteiger partial charge on any atom is 0.155 e. The molecule has 0 radical (unpaired) electrons. The maximum absolute atomic E-state index is 6.89. The monoisotopic (exact) mass is 849 g/mol. The summed E-state index contributed by atoms with van der Waals surface area (Å²) in [5.41, 5.74) is 9.37. The van der Waals surface area contributed by atoms with Gasteiger partial charge in [-0.25, -0.2) is 4.99 Å². The van der Waals surface area contributed by atoms with Crippen LogP contribution in [0.1, 0.15) is 36.1 Å². The number of amidine groups is 1. The topological polar surface area (TPSA) is 42.8 Å². The van der Waals surface area contributed by atoms with Crippen molar-refractivity contribution >= 4 is 119 Å². The number of rotatable bonds is 5. The zero-order valence-electron chi connectivity index (χ0n) is 35.5. The molecule has 0 aliphatic carbocycles. The first-order valence-electron chi connectivity index (χ1n) is 22.5. The van der Waals surface area contributed by atoms with Crippen LogP contribution in [0.15, 0.2) is 209 Å². The summed E-state index contributed by atoms with van der Waals surface area (Å²) in [6.45, 7) is 2.29. The predicted octanol–water partition coefficient (Wildman–Crippen LogP) is 16.5. The minimum atomic E-state index is -0.181. The smallest absolute Gasteiger partial charge is 0.155 e. The average Bonchev–Trinajstić information content (AvgIpc) is 4.04. The van der Waals surface area contributed by atoms with Gasteiger partial charge in [0.1, 0.15) is 11.2 Å². The lowest BCUT2D eigenvalue weighted by molar-refractivity contribution is 0.536. The van der Waals surface area contributed by atoms with Crippen molar-refractivity contribution in [1.82, 2.24) is 4.57 Å². The van der Waals surface area contributed by atoms with Gasteiger partial charge in [-0.05, 0) is 86.8 Å². The molecule has 0 saturated heterocycles. The second kappa shape index (κ2) is 14.1. The fourth-order valence-electron chi connectivity index (χ4n) is 11.0. The SMILES string of the molecule is CCC1C(c2cccc3ccccc23)=NC(c2cc(-n3c4cc5ccccc5cc4c4c5ccccc5ccc43)c3c(c2)oc2ccccc23)=NC1c1cccc2c1sc1ccccc12. The quantitative estimate of drug-likeness (QED) is 0.170. The number of aliphatic imine (C=N–C) groups is 2. The Balaban J connectivity index is 1.10. The van der Waals surface area contributed by atoms with E-state index < -0.39 is 0 Å². The Morgan fingerprint density at radius 2 is 1.20 bits per heavy atom. The molecule has 0 spiro atoms. The summed E-state index contributed by atoms with van der Waals surface area (Å²) in [7, 11) is 0. The molecule has 4 nitrogen and oxygen atoms in total. The van der Waals surface area contributed by atoms with E-state index in [1.807, 2.05) is 11.3 Å². The van der Waals surface area contributed by atoms with Gasteiger partial charge in [0.25, 0.3) is 0 Å². The Kier molecular flexibility index (Phi) is 7.92. The number of para-hydroxylation sites is 1. The Bertz CT molecular complexity index is 4200. The molecule has 0 N–H and O–H groups in total. The fraction of sp³-hybridized carbons (Fsp3) is 0.0667. The Morgan fingerprint density at radius 1 is 0.523 bits per heavy atom. The van der Waals surface area contributed by atoms with E-state index in [2.05, 4.69) is 206 Å². The largest absolute Gasteiger partial charge is 0.456 e. The zero-order valence-corrected chi connectivity index (χ0v) is 36.3. The van der Waals surface area contributed by atoms with Crippen molar-refractivity contribution < 1.29 is 4.42 Å². The number of furan rings is 1. The van der Waals surface area contributed by atoms with Crippen LogP contribution in [0.5, 0.6) is 0 Å². The van der Waals surface area contributed by atoms with E-state index in [1.54, 1.807) is 0 Å². The average molecular weight is 850 g/mol. The summed E-state index contributed by atoms with van der Waals surface area (Å²) in [5, 5.41) is 14.4. The molecule has 5 heteroatoms. The standard InChI is InChI=1S/C60H39N3OS/c1-2-40-57(44-24-13-19-35-15-5-7-20-41(35)44)61-60(62-58(40)47-26-14-25-45-43-22-10-12-28-54(43)65-59(45)47)39-33-51(56-46-23-9-11-27-52(46)64-53(56)34-39)63-49-30-29-36-16-6-8-21-42(36)55(49)48-31-37-17-3-4-18-38(37)32-50(48)63/h3-34,40,58H,2H2,1H3. The molecule has 0 bridgehead atoms. The number of benzene rings is 10. The Labute approximate surface area is 378 Å². The Hall–Kier alpha value is -7.86. The molecule has 10 aromatic carbocycles. The van der Waals surface area contributed by atoms with Gasteiger partial charge in [0.05, 0.1) is 33.9 Å². The van der Waals surface area contributed by atoms with Crippen molar-refractivity contribution in [2.75, 3.05) is 0 Å². The highest BCUT2D eigenvalue weighted by atomic mass is 32.1. The highest BCUT2D eigenvalue weighted by Crippen LogP contribution is 2.46. The zero-order chi connectivity index (χ0) is 42.8. The van der Waals surface area contributed by atoms with E-state index >= 15 is 0 Å². The van der Waals surface area contributed by atoms with Gasteiger partial charge in [-0.2, -0.15) is 0 Å². The van der Waals surface area contributed by atoms with Crippen LogP contribution in [0.25, 0.3) is 102 Å². The number of aromatic nitrogens is 1. The normalized spacial score (nSPS) is 15.7. The molecule has 4 heterocycles. The lowest BCUT2D eigenvalue weighted by Gasteiger charge is -2.30. The predicted molar refractivity (Wildman–Crippen MR) is 276 cm³/mol. The molecule has 306 valence electrons. The Morgan fingerprint density at radius 3 is 2.05 bits per heavy atom. The third kappa shape index (κ3) is 5.43. The molecular weight excluding hydrogens is 811 g/mol. The molecule has 0 saturated carbocycles. The van der Waals surface area contributed by atoms with Gasteiger partial charge >= 0.3 is 0 Å². The molecule has 1 aliphatic heterocycles. The molecule has 13 aromatic rings. The van der Waals surface area contributed by atoms with Gasteiger partial charge in [0, 0.05) is 53.4 Å². The molecular formula is C60H39N3OS. The number of thiophene rings is 1. The lowest BCUT2D eigenvalue weighted by Crippen LogP contribution is -2.28. The van der Waals surface area contributed by atoms with Gasteiger partial charge in [-0.15, -0.1) is 11.3 Å². The van der Waals surface area contributed by atoms with Crippen LogP contribution in [0.2, 0.25) is 0 Å². The van der Waals surface area contributed by atoms with Gasteiger partial charge in [-0.1, -0.05) is 159 Å². The van der Waals surface area contributed by atoms with E-state index in [0.29, 0.717) is 5.84 Å². The van der Waals surface area contributed by atoms with Gasteiger partial charge in [0.2, 0.25) is 0 Å². The lowest BCUT2D eigenvalue weighted by atomic mass is 9.81. The van der Waals surface area contributed by atoms with Crippen LogP contribution in [-0.4, -0.2) is 16.1 Å². The maximum atomic E-state index is 6.89. The molecule has 65 heavy (non-hydrogen) atoms.